The number of anilines is 1. The summed E-state index contributed by atoms with van der Waals surface area (Å²) in [5.41, 5.74) is 4.54. The first-order valence-electron chi connectivity index (χ1n) is 10.2. The molecule has 3 rings (SSSR count). The normalized spacial score (nSPS) is 12.7. The highest BCUT2D eigenvalue weighted by atomic mass is 32.2. The second-order valence-electron chi connectivity index (χ2n) is 7.75. The molecular weight excluding hydrogens is 487 g/mol. The molecule has 2 aromatic carbocycles. The van der Waals surface area contributed by atoms with E-state index in [2.05, 4.69) is 15.7 Å². The van der Waals surface area contributed by atoms with Crippen LogP contribution in [0, 0.1) is 0 Å². The molecule has 1 heterocycles. The second kappa shape index (κ2) is 9.88. The van der Waals surface area contributed by atoms with Crippen LogP contribution >= 0.6 is 0 Å². The van der Waals surface area contributed by atoms with Gasteiger partial charge in [-0.1, -0.05) is 18.2 Å². The summed E-state index contributed by atoms with van der Waals surface area (Å²) < 4.78 is 64.6. The Labute approximate surface area is 199 Å². The van der Waals surface area contributed by atoms with Gasteiger partial charge >= 0.3 is 6.18 Å². The second-order valence-corrected chi connectivity index (χ2v) is 9.77. The molecule has 0 saturated heterocycles. The molecule has 0 spiro atoms. The highest BCUT2D eigenvalue weighted by molar-refractivity contribution is 7.90. The molecular formula is C22H22F3N5O4S. The van der Waals surface area contributed by atoms with Crippen LogP contribution in [0.25, 0.3) is 5.69 Å². The first-order valence-corrected chi connectivity index (χ1v) is 12.1. The third-order valence-electron chi connectivity index (χ3n) is 4.79. The minimum absolute atomic E-state index is 0.0570. The summed E-state index contributed by atoms with van der Waals surface area (Å²) in [6, 6.07) is 11.3. The van der Waals surface area contributed by atoms with Crippen LogP contribution in [0.5, 0.6) is 0 Å². The number of sulfone groups is 1. The van der Waals surface area contributed by atoms with Crippen molar-refractivity contribution in [3.05, 3.63) is 71.5 Å². The van der Waals surface area contributed by atoms with E-state index in [0.29, 0.717) is 11.6 Å². The molecule has 2 amide bonds. The van der Waals surface area contributed by atoms with E-state index in [1.54, 1.807) is 6.07 Å². The maximum absolute atomic E-state index is 13.4. The molecule has 0 aliphatic rings. The number of hydrogen-bond donors (Lipinski definition) is 3. The van der Waals surface area contributed by atoms with Gasteiger partial charge in [-0.05, 0) is 42.8 Å². The molecule has 9 nitrogen and oxygen atoms in total. The van der Waals surface area contributed by atoms with Crippen molar-refractivity contribution >= 4 is 27.3 Å². The molecule has 186 valence electrons. The van der Waals surface area contributed by atoms with Crippen molar-refractivity contribution < 1.29 is 31.2 Å². The highest BCUT2D eigenvalue weighted by Crippen LogP contribution is 2.30. The van der Waals surface area contributed by atoms with E-state index in [1.807, 2.05) is 0 Å². The predicted molar refractivity (Wildman–Crippen MR) is 122 cm³/mol. The van der Waals surface area contributed by atoms with E-state index in [0.717, 1.165) is 10.9 Å². The van der Waals surface area contributed by atoms with Gasteiger partial charge < -0.3 is 16.4 Å². The Morgan fingerprint density at radius 3 is 2.43 bits per heavy atom. The van der Waals surface area contributed by atoms with Gasteiger partial charge in [-0.3, -0.25) is 9.59 Å². The Morgan fingerprint density at radius 2 is 1.80 bits per heavy atom. The quantitative estimate of drug-likeness (QED) is 0.448. The third kappa shape index (κ3) is 6.45. The lowest BCUT2D eigenvalue weighted by Crippen LogP contribution is -2.37. The van der Waals surface area contributed by atoms with Gasteiger partial charge in [-0.15, -0.1) is 0 Å². The Kier molecular flexibility index (Phi) is 7.31. The van der Waals surface area contributed by atoms with Crippen LogP contribution in [0.2, 0.25) is 0 Å². The maximum atomic E-state index is 13.4. The number of nitrogens with one attached hydrogen (secondary N) is 2. The van der Waals surface area contributed by atoms with Crippen molar-refractivity contribution in [3.8, 4) is 5.69 Å². The molecule has 1 atom stereocenters. The van der Waals surface area contributed by atoms with Crippen molar-refractivity contribution in [2.45, 2.75) is 30.6 Å². The number of halogens is 3. The topological polar surface area (TPSA) is 136 Å². The summed E-state index contributed by atoms with van der Waals surface area (Å²) in [5.74, 6) is -1.35. The van der Waals surface area contributed by atoms with Crippen molar-refractivity contribution in [3.63, 3.8) is 0 Å². The molecule has 4 N–H and O–H groups in total. The Balaban J connectivity index is 1.97. The number of carbonyl (C=O) groups is 2. The average molecular weight is 510 g/mol. The van der Waals surface area contributed by atoms with Crippen LogP contribution in [-0.4, -0.2) is 42.3 Å². The third-order valence-corrected chi connectivity index (χ3v) is 5.90. The molecule has 0 aliphatic heterocycles. The summed E-state index contributed by atoms with van der Waals surface area (Å²) >= 11 is 0. The van der Waals surface area contributed by atoms with Crippen molar-refractivity contribution in [1.82, 2.24) is 15.1 Å². The monoisotopic (exact) mass is 509 g/mol. The number of nitrogens with two attached hydrogens (primary N) is 1. The zero-order valence-corrected chi connectivity index (χ0v) is 19.4. The largest absolute Gasteiger partial charge is 0.435 e. The van der Waals surface area contributed by atoms with Crippen molar-refractivity contribution in [2.24, 2.45) is 5.73 Å². The molecule has 1 aromatic heterocycles. The minimum atomic E-state index is -4.82. The van der Waals surface area contributed by atoms with Gasteiger partial charge in [0, 0.05) is 24.6 Å². The lowest BCUT2D eigenvalue weighted by atomic mass is 10.2. The van der Waals surface area contributed by atoms with Gasteiger partial charge in [-0.2, -0.15) is 18.3 Å². The zero-order chi connectivity index (χ0) is 26.0. The number of hydrogen-bond acceptors (Lipinski definition) is 6. The fraction of sp³-hybridized carbons (Fsp3) is 0.227. The standard InChI is InChI=1S/C22H22F3N5O4S/c1-13(26)20(31)27-12-14-5-3-7-16(9-14)30-18(11-19(29-30)22(23,24)25)21(32)28-15-6-4-8-17(10-15)35(2,33)34/h3-11,13H,12,26H2,1-2H3,(H,27,31)(H,28,32)/t13-/m0/s1. The van der Waals surface area contributed by atoms with Crippen LogP contribution in [0.1, 0.15) is 28.7 Å². The molecule has 0 aliphatic carbocycles. The van der Waals surface area contributed by atoms with E-state index >= 15 is 0 Å². The number of aromatic nitrogens is 2. The minimum Gasteiger partial charge on any atom is -0.351 e. The summed E-state index contributed by atoms with van der Waals surface area (Å²) in [6.07, 6.45) is -3.83. The van der Waals surface area contributed by atoms with Crippen LogP contribution in [0.4, 0.5) is 18.9 Å². The van der Waals surface area contributed by atoms with Gasteiger partial charge in [0.2, 0.25) is 5.91 Å². The fourth-order valence-electron chi connectivity index (χ4n) is 3.03. The number of carbonyl (C=O) groups excluding carboxylic acids is 2. The summed E-state index contributed by atoms with van der Waals surface area (Å²) in [7, 11) is -3.57. The molecule has 0 bridgehead atoms. The number of amides is 2. The smallest absolute Gasteiger partial charge is 0.351 e. The van der Waals surface area contributed by atoms with Gasteiger partial charge in [0.15, 0.2) is 15.5 Å². The molecule has 0 unspecified atom stereocenters. The first kappa shape index (κ1) is 25.9. The molecule has 13 heteroatoms. The van der Waals surface area contributed by atoms with Crippen molar-refractivity contribution in [2.75, 3.05) is 11.6 Å². The molecule has 35 heavy (non-hydrogen) atoms. The SMILES string of the molecule is C[C@H](N)C(=O)NCc1cccc(-n2nc(C(F)(F)F)cc2C(=O)Nc2cccc(S(C)(=O)=O)c2)c1. The van der Waals surface area contributed by atoms with E-state index < -0.39 is 45.3 Å². The summed E-state index contributed by atoms with van der Waals surface area (Å²) in [4.78, 5) is 24.6. The van der Waals surface area contributed by atoms with E-state index in [1.165, 1.54) is 49.4 Å². The summed E-state index contributed by atoms with van der Waals surface area (Å²) in [5, 5.41) is 8.57. The van der Waals surface area contributed by atoms with E-state index in [9.17, 15) is 31.2 Å². The van der Waals surface area contributed by atoms with Crippen LogP contribution in [0.3, 0.4) is 0 Å². The van der Waals surface area contributed by atoms with Crippen LogP contribution in [-0.2, 0) is 27.4 Å². The maximum Gasteiger partial charge on any atom is 0.435 e. The summed E-state index contributed by atoms with van der Waals surface area (Å²) in [6.45, 7) is 1.56. The number of alkyl halides is 3. The number of benzene rings is 2. The molecule has 0 fully saturated rings. The Morgan fingerprint density at radius 1 is 1.11 bits per heavy atom. The number of nitrogens with zero attached hydrogens (tertiary/aromatic N) is 2. The lowest BCUT2D eigenvalue weighted by Gasteiger charge is -2.11. The van der Waals surface area contributed by atoms with E-state index in [-0.39, 0.29) is 22.8 Å². The molecule has 3 aromatic rings. The predicted octanol–water partition coefficient (Wildman–Crippen LogP) is 2.51. The number of rotatable bonds is 7. The fourth-order valence-corrected chi connectivity index (χ4v) is 3.69. The van der Waals surface area contributed by atoms with Crippen LogP contribution in [0.15, 0.2) is 59.5 Å². The van der Waals surface area contributed by atoms with Gasteiger partial charge in [0.05, 0.1) is 16.6 Å². The van der Waals surface area contributed by atoms with Gasteiger partial charge in [0.25, 0.3) is 5.91 Å². The van der Waals surface area contributed by atoms with Gasteiger partial charge in [0.1, 0.15) is 5.69 Å². The Hall–Kier alpha value is -3.71. The molecule has 0 saturated carbocycles. The lowest BCUT2D eigenvalue weighted by molar-refractivity contribution is -0.141. The molecule has 0 radical (unpaired) electrons. The highest BCUT2D eigenvalue weighted by Gasteiger charge is 2.36. The first-order chi connectivity index (χ1) is 16.3. The van der Waals surface area contributed by atoms with Crippen molar-refractivity contribution in [1.29, 1.82) is 0 Å². The van der Waals surface area contributed by atoms with Crippen LogP contribution < -0.4 is 16.4 Å². The Bertz CT molecular complexity index is 1370. The van der Waals surface area contributed by atoms with E-state index in [4.69, 9.17) is 5.73 Å². The zero-order valence-electron chi connectivity index (χ0n) is 18.6. The van der Waals surface area contributed by atoms with Gasteiger partial charge in [-0.25, -0.2) is 13.1 Å². The average Bonchev–Trinajstić information content (AvgIpc) is 3.23.